The summed E-state index contributed by atoms with van der Waals surface area (Å²) in [5.41, 5.74) is -0.965. The quantitative estimate of drug-likeness (QED) is 0.849. The van der Waals surface area contributed by atoms with Gasteiger partial charge in [-0.15, -0.1) is 0 Å². The first-order chi connectivity index (χ1) is 11.0. The van der Waals surface area contributed by atoms with E-state index >= 15 is 0 Å². The molecule has 1 fully saturated rings. The molecule has 8 heteroatoms. The van der Waals surface area contributed by atoms with E-state index in [9.17, 15) is 9.90 Å². The van der Waals surface area contributed by atoms with Crippen molar-refractivity contribution in [3.05, 3.63) is 36.8 Å². The molecule has 1 atom stereocenters. The molecule has 2 aromatic rings. The molecule has 1 unspecified atom stereocenters. The predicted octanol–water partition coefficient (Wildman–Crippen LogP) is -0.0765. The van der Waals surface area contributed by atoms with Gasteiger partial charge in [0.2, 0.25) is 0 Å². The predicted molar refractivity (Wildman–Crippen MR) is 84.0 cm³/mol. The van der Waals surface area contributed by atoms with Crippen LogP contribution in [0.3, 0.4) is 0 Å². The number of likely N-dealkylation sites (N-methyl/N-ethyl adjacent to an activating group) is 1. The molecule has 0 spiro atoms. The van der Waals surface area contributed by atoms with E-state index < -0.39 is 5.60 Å². The first-order valence-electron chi connectivity index (χ1n) is 7.45. The fourth-order valence-electron chi connectivity index (χ4n) is 2.89. The number of carbonyl (C=O) groups is 1. The zero-order valence-electron chi connectivity index (χ0n) is 13.3. The number of hydrogen-bond donors (Lipinski definition) is 1. The first kappa shape index (κ1) is 15.4. The summed E-state index contributed by atoms with van der Waals surface area (Å²) in [6, 6.07) is 0. The van der Waals surface area contributed by atoms with Crippen LogP contribution >= 0.6 is 0 Å². The summed E-state index contributed by atoms with van der Waals surface area (Å²) in [5, 5.41) is 10.8. The fraction of sp³-hybridized carbons (Fsp3) is 0.467. The Bertz CT molecular complexity index is 688. The number of amides is 1. The van der Waals surface area contributed by atoms with Crippen LogP contribution < -0.4 is 4.90 Å². The maximum Gasteiger partial charge on any atom is 0.289 e. The summed E-state index contributed by atoms with van der Waals surface area (Å²) in [5.74, 6) is 0.894. The molecular formula is C15H20N6O2. The second kappa shape index (κ2) is 5.96. The Morgan fingerprint density at radius 3 is 2.87 bits per heavy atom. The molecule has 0 aromatic carbocycles. The number of β-amino-alcohol motifs (C(OH)–C–C–N with tert-alkyl or cyclic N) is 1. The van der Waals surface area contributed by atoms with Crippen molar-refractivity contribution in [2.24, 2.45) is 7.05 Å². The molecule has 3 heterocycles. The molecule has 23 heavy (non-hydrogen) atoms. The van der Waals surface area contributed by atoms with Gasteiger partial charge in [-0.05, 0) is 6.42 Å². The standard InChI is InChI=1S/C15H20N6O2/c1-19-8-6-18-13(19)14(22)20(2)10-15(23)3-7-21(11-15)12-9-16-4-5-17-12/h4-6,8-9,23H,3,7,10-11H2,1-2H3. The molecule has 0 aliphatic carbocycles. The van der Waals surface area contributed by atoms with Gasteiger partial charge in [0.15, 0.2) is 5.82 Å². The maximum absolute atomic E-state index is 12.4. The molecule has 0 radical (unpaired) electrons. The number of imidazole rings is 1. The Hall–Kier alpha value is -2.48. The van der Waals surface area contributed by atoms with E-state index in [4.69, 9.17) is 0 Å². The van der Waals surface area contributed by atoms with Crippen LogP contribution in [0.15, 0.2) is 31.0 Å². The van der Waals surface area contributed by atoms with Gasteiger partial charge in [-0.25, -0.2) is 9.97 Å². The minimum atomic E-state index is -0.965. The Labute approximate surface area is 134 Å². The van der Waals surface area contributed by atoms with Gasteiger partial charge in [-0.2, -0.15) is 0 Å². The van der Waals surface area contributed by atoms with E-state index in [2.05, 4.69) is 15.0 Å². The van der Waals surface area contributed by atoms with E-state index in [0.717, 1.165) is 5.82 Å². The smallest absolute Gasteiger partial charge is 0.289 e. The molecule has 1 aliphatic heterocycles. The van der Waals surface area contributed by atoms with Crippen molar-refractivity contribution in [3.63, 3.8) is 0 Å². The van der Waals surface area contributed by atoms with Crippen LogP contribution in [0.2, 0.25) is 0 Å². The summed E-state index contributed by atoms with van der Waals surface area (Å²) in [4.78, 5) is 28.3. The first-order valence-corrected chi connectivity index (χ1v) is 7.45. The number of hydrogen-bond acceptors (Lipinski definition) is 6. The lowest BCUT2D eigenvalue weighted by Crippen LogP contribution is -2.46. The van der Waals surface area contributed by atoms with E-state index in [1.165, 1.54) is 4.90 Å². The molecule has 2 aromatic heterocycles. The molecular weight excluding hydrogens is 296 g/mol. The average molecular weight is 316 g/mol. The summed E-state index contributed by atoms with van der Waals surface area (Å²) in [6.07, 6.45) is 8.80. The number of nitrogens with zero attached hydrogens (tertiary/aromatic N) is 6. The zero-order chi connectivity index (χ0) is 16.4. The molecule has 3 rings (SSSR count). The maximum atomic E-state index is 12.4. The Morgan fingerprint density at radius 1 is 1.39 bits per heavy atom. The third-order valence-electron chi connectivity index (χ3n) is 4.10. The minimum absolute atomic E-state index is 0.205. The van der Waals surface area contributed by atoms with Gasteiger partial charge in [0, 0.05) is 52.0 Å². The third-order valence-corrected chi connectivity index (χ3v) is 4.10. The van der Waals surface area contributed by atoms with Gasteiger partial charge in [0.25, 0.3) is 5.91 Å². The second-order valence-corrected chi connectivity index (χ2v) is 5.98. The van der Waals surface area contributed by atoms with E-state index in [0.29, 0.717) is 25.3 Å². The lowest BCUT2D eigenvalue weighted by Gasteiger charge is -2.28. The highest BCUT2D eigenvalue weighted by Gasteiger charge is 2.39. The lowest BCUT2D eigenvalue weighted by molar-refractivity contribution is 0.0257. The van der Waals surface area contributed by atoms with Crippen molar-refractivity contribution >= 4 is 11.7 Å². The van der Waals surface area contributed by atoms with Gasteiger partial charge in [0.1, 0.15) is 11.4 Å². The number of anilines is 1. The van der Waals surface area contributed by atoms with Crippen LogP contribution in [0.25, 0.3) is 0 Å². The van der Waals surface area contributed by atoms with Crippen LogP contribution in [0.4, 0.5) is 5.82 Å². The van der Waals surface area contributed by atoms with Crippen molar-refractivity contribution in [2.45, 2.75) is 12.0 Å². The number of aliphatic hydroxyl groups is 1. The Kier molecular flexibility index (Phi) is 3.99. The average Bonchev–Trinajstić information content (AvgIpc) is 3.13. The van der Waals surface area contributed by atoms with Gasteiger partial charge in [0.05, 0.1) is 12.7 Å². The van der Waals surface area contributed by atoms with Crippen molar-refractivity contribution in [1.82, 2.24) is 24.4 Å². The monoisotopic (exact) mass is 316 g/mol. The van der Waals surface area contributed by atoms with E-state index in [1.807, 2.05) is 4.90 Å². The third kappa shape index (κ3) is 3.16. The van der Waals surface area contributed by atoms with Crippen LogP contribution in [0.1, 0.15) is 17.0 Å². The summed E-state index contributed by atoms with van der Waals surface area (Å²) < 4.78 is 1.67. The normalized spacial score (nSPS) is 20.7. The van der Waals surface area contributed by atoms with Crippen LogP contribution in [0.5, 0.6) is 0 Å². The van der Waals surface area contributed by atoms with Gasteiger partial charge < -0.3 is 19.5 Å². The largest absolute Gasteiger partial charge is 0.386 e. The topological polar surface area (TPSA) is 87.4 Å². The molecule has 1 saturated heterocycles. The van der Waals surface area contributed by atoms with Crippen molar-refractivity contribution in [3.8, 4) is 0 Å². The van der Waals surface area contributed by atoms with Gasteiger partial charge >= 0.3 is 0 Å². The Balaban J connectivity index is 1.66. The van der Waals surface area contributed by atoms with E-state index in [1.54, 1.807) is 49.6 Å². The van der Waals surface area contributed by atoms with Crippen LogP contribution in [-0.2, 0) is 7.05 Å². The summed E-state index contributed by atoms with van der Waals surface area (Å²) >= 11 is 0. The molecule has 0 saturated carbocycles. The van der Waals surface area contributed by atoms with Crippen LogP contribution in [-0.4, -0.2) is 67.7 Å². The number of aromatic nitrogens is 4. The van der Waals surface area contributed by atoms with E-state index in [-0.39, 0.29) is 12.5 Å². The highest BCUT2D eigenvalue weighted by atomic mass is 16.3. The number of rotatable bonds is 4. The highest BCUT2D eigenvalue weighted by molar-refractivity contribution is 5.90. The molecule has 1 amide bonds. The second-order valence-electron chi connectivity index (χ2n) is 5.98. The molecule has 8 nitrogen and oxygen atoms in total. The van der Waals surface area contributed by atoms with Crippen molar-refractivity contribution < 1.29 is 9.90 Å². The summed E-state index contributed by atoms with van der Waals surface area (Å²) in [7, 11) is 3.45. The lowest BCUT2D eigenvalue weighted by atomic mass is 10.0. The molecule has 1 N–H and O–H groups in total. The number of aryl methyl sites for hydroxylation is 1. The molecule has 122 valence electrons. The SMILES string of the molecule is CN(CC1(O)CCN(c2cnccn2)C1)C(=O)c1nccn1C. The summed E-state index contributed by atoms with van der Waals surface area (Å²) in [6.45, 7) is 1.35. The Morgan fingerprint density at radius 2 is 2.22 bits per heavy atom. The number of carbonyl (C=O) groups excluding carboxylic acids is 1. The molecule has 0 bridgehead atoms. The van der Waals surface area contributed by atoms with Crippen LogP contribution in [0, 0.1) is 0 Å². The minimum Gasteiger partial charge on any atom is -0.386 e. The molecule has 1 aliphatic rings. The van der Waals surface area contributed by atoms with Gasteiger partial charge in [-0.3, -0.25) is 9.78 Å². The zero-order valence-corrected chi connectivity index (χ0v) is 13.3. The van der Waals surface area contributed by atoms with Crippen molar-refractivity contribution in [1.29, 1.82) is 0 Å². The fourth-order valence-corrected chi connectivity index (χ4v) is 2.89. The highest BCUT2D eigenvalue weighted by Crippen LogP contribution is 2.25. The van der Waals surface area contributed by atoms with Crippen molar-refractivity contribution in [2.75, 3.05) is 31.6 Å². The van der Waals surface area contributed by atoms with Gasteiger partial charge in [-0.1, -0.05) is 0 Å².